The summed E-state index contributed by atoms with van der Waals surface area (Å²) < 4.78 is 40.6. The molecule has 0 heterocycles. The summed E-state index contributed by atoms with van der Waals surface area (Å²) in [7, 11) is -3.93. The van der Waals surface area contributed by atoms with Crippen LogP contribution in [-0.2, 0) is 10.0 Å². The number of nitrogens with two attached hydrogens (primary N) is 1. The molecule has 0 fully saturated rings. The van der Waals surface area contributed by atoms with Crippen molar-refractivity contribution >= 4 is 48.9 Å². The van der Waals surface area contributed by atoms with Gasteiger partial charge in [0.15, 0.2) is 0 Å². The van der Waals surface area contributed by atoms with Crippen LogP contribution in [0, 0.1) is 5.82 Å². The van der Waals surface area contributed by atoms with Crippen LogP contribution in [0.5, 0.6) is 0 Å². The van der Waals surface area contributed by atoms with E-state index in [2.05, 4.69) is 20.7 Å². The fraction of sp³-hybridized carbons (Fsp3) is 0. The van der Waals surface area contributed by atoms with E-state index in [-0.39, 0.29) is 21.3 Å². The number of hydrogen-bond donors (Lipinski definition) is 2. The van der Waals surface area contributed by atoms with Crippen LogP contribution in [-0.4, -0.2) is 8.42 Å². The Kier molecular flexibility index (Phi) is 4.22. The average Bonchev–Trinajstić information content (AvgIpc) is 2.36. The second kappa shape index (κ2) is 5.59. The summed E-state index contributed by atoms with van der Waals surface area (Å²) in [5, 5.41) is 0.221. The quantitative estimate of drug-likeness (QED) is 0.800. The number of benzene rings is 2. The van der Waals surface area contributed by atoms with E-state index < -0.39 is 15.8 Å². The topological polar surface area (TPSA) is 72.2 Å². The fourth-order valence-electron chi connectivity index (χ4n) is 1.45. The van der Waals surface area contributed by atoms with Crippen LogP contribution in [0.3, 0.4) is 0 Å². The molecule has 3 N–H and O–H groups in total. The molecule has 0 aliphatic carbocycles. The molecule has 0 amide bonds. The van der Waals surface area contributed by atoms with Gasteiger partial charge in [-0.3, -0.25) is 4.72 Å². The van der Waals surface area contributed by atoms with Crippen molar-refractivity contribution in [3.63, 3.8) is 0 Å². The molecule has 106 valence electrons. The Morgan fingerprint density at radius 2 is 1.90 bits per heavy atom. The molecule has 0 aliphatic rings. The molecular formula is C12H9BrClFN2O2S. The van der Waals surface area contributed by atoms with Crippen LogP contribution in [0.25, 0.3) is 0 Å². The number of anilines is 2. The first-order valence-corrected chi connectivity index (χ1v) is 7.98. The molecule has 8 heteroatoms. The van der Waals surface area contributed by atoms with Crippen molar-refractivity contribution in [2.24, 2.45) is 0 Å². The average molecular weight is 380 g/mol. The van der Waals surface area contributed by atoms with Gasteiger partial charge in [-0.25, -0.2) is 12.8 Å². The lowest BCUT2D eigenvalue weighted by Crippen LogP contribution is -2.13. The second-order valence-electron chi connectivity index (χ2n) is 3.91. The molecule has 0 aliphatic heterocycles. The molecule has 20 heavy (non-hydrogen) atoms. The lowest BCUT2D eigenvalue weighted by molar-refractivity contribution is 0.596. The Labute approximate surface area is 128 Å². The fourth-order valence-corrected chi connectivity index (χ4v) is 3.32. The predicted molar refractivity (Wildman–Crippen MR) is 80.8 cm³/mol. The van der Waals surface area contributed by atoms with E-state index in [0.717, 1.165) is 6.07 Å². The molecule has 0 radical (unpaired) electrons. The van der Waals surface area contributed by atoms with Crippen molar-refractivity contribution < 1.29 is 12.8 Å². The summed E-state index contributed by atoms with van der Waals surface area (Å²) in [4.78, 5) is -0.233. The highest BCUT2D eigenvalue weighted by atomic mass is 79.9. The Bertz CT molecular complexity index is 768. The standard InChI is InChI=1S/C12H9BrClFN2O2S/c13-7-1-4-12(9(14)5-7)17-20(18,19)8-2-3-11(16)10(15)6-8/h1-6,17H,16H2. The minimum absolute atomic E-state index is 0.120. The minimum atomic E-state index is -3.93. The van der Waals surface area contributed by atoms with Crippen LogP contribution in [0.4, 0.5) is 15.8 Å². The first-order chi connectivity index (χ1) is 9.29. The maximum Gasteiger partial charge on any atom is 0.262 e. The van der Waals surface area contributed by atoms with Gasteiger partial charge in [-0.2, -0.15) is 0 Å². The van der Waals surface area contributed by atoms with Crippen LogP contribution >= 0.6 is 27.5 Å². The van der Waals surface area contributed by atoms with Crippen molar-refractivity contribution in [2.75, 3.05) is 10.5 Å². The van der Waals surface area contributed by atoms with E-state index >= 15 is 0 Å². The molecular weight excluding hydrogens is 371 g/mol. The van der Waals surface area contributed by atoms with E-state index in [1.807, 2.05) is 0 Å². The van der Waals surface area contributed by atoms with Gasteiger partial charge >= 0.3 is 0 Å². The van der Waals surface area contributed by atoms with E-state index in [9.17, 15) is 12.8 Å². The molecule has 0 atom stereocenters. The third-order valence-electron chi connectivity index (χ3n) is 2.46. The minimum Gasteiger partial charge on any atom is -0.396 e. The third kappa shape index (κ3) is 3.23. The summed E-state index contributed by atoms with van der Waals surface area (Å²) in [5.41, 5.74) is 5.39. The van der Waals surface area contributed by atoms with Crippen molar-refractivity contribution in [1.29, 1.82) is 0 Å². The Hall–Kier alpha value is -1.31. The van der Waals surface area contributed by atoms with Gasteiger partial charge in [-0.15, -0.1) is 0 Å². The number of rotatable bonds is 3. The van der Waals surface area contributed by atoms with Gasteiger partial charge in [0.25, 0.3) is 10.0 Å². The molecule has 0 bridgehead atoms. The van der Waals surface area contributed by atoms with Crippen molar-refractivity contribution in [3.05, 3.63) is 51.7 Å². The molecule has 2 aromatic rings. The summed E-state index contributed by atoms with van der Waals surface area (Å²) in [6.45, 7) is 0. The van der Waals surface area contributed by atoms with Gasteiger partial charge in [0.2, 0.25) is 0 Å². The summed E-state index contributed by atoms with van der Waals surface area (Å²) in [5.74, 6) is -0.797. The Balaban J connectivity index is 2.38. The van der Waals surface area contributed by atoms with Crippen molar-refractivity contribution in [3.8, 4) is 0 Å². The molecule has 0 aromatic heterocycles. The first-order valence-electron chi connectivity index (χ1n) is 5.32. The predicted octanol–water partition coefficient (Wildman–Crippen LogP) is 3.62. The van der Waals surface area contributed by atoms with Crippen molar-refractivity contribution in [1.82, 2.24) is 0 Å². The lowest BCUT2D eigenvalue weighted by atomic mass is 10.3. The molecule has 0 saturated carbocycles. The second-order valence-corrected chi connectivity index (χ2v) is 6.92. The SMILES string of the molecule is Nc1ccc(S(=O)(=O)Nc2ccc(Br)cc2Cl)cc1F. The van der Waals surface area contributed by atoms with Crippen LogP contribution in [0.2, 0.25) is 5.02 Å². The number of hydrogen-bond acceptors (Lipinski definition) is 3. The zero-order chi connectivity index (χ0) is 14.9. The van der Waals surface area contributed by atoms with Gasteiger partial charge in [-0.05, 0) is 36.4 Å². The van der Waals surface area contributed by atoms with Gasteiger partial charge in [0, 0.05) is 4.47 Å². The molecule has 2 rings (SSSR count). The summed E-state index contributed by atoms with van der Waals surface area (Å²) >= 11 is 9.14. The van der Waals surface area contributed by atoms with E-state index in [1.54, 1.807) is 12.1 Å². The van der Waals surface area contributed by atoms with Gasteiger partial charge in [0.1, 0.15) is 5.82 Å². The highest BCUT2D eigenvalue weighted by molar-refractivity contribution is 9.10. The highest BCUT2D eigenvalue weighted by Crippen LogP contribution is 2.28. The van der Waals surface area contributed by atoms with E-state index in [4.69, 9.17) is 17.3 Å². The maximum absolute atomic E-state index is 13.3. The number of nitrogen functional groups attached to an aromatic ring is 1. The largest absolute Gasteiger partial charge is 0.396 e. The van der Waals surface area contributed by atoms with Crippen LogP contribution in [0.15, 0.2) is 45.8 Å². The zero-order valence-electron chi connectivity index (χ0n) is 9.90. The van der Waals surface area contributed by atoms with Gasteiger partial charge in [-0.1, -0.05) is 27.5 Å². The Morgan fingerprint density at radius 1 is 1.20 bits per heavy atom. The summed E-state index contributed by atoms with van der Waals surface area (Å²) in [6, 6.07) is 7.93. The third-order valence-corrected chi connectivity index (χ3v) is 4.63. The molecule has 0 unspecified atom stereocenters. The molecule has 0 saturated heterocycles. The maximum atomic E-state index is 13.3. The lowest BCUT2D eigenvalue weighted by Gasteiger charge is -2.10. The molecule has 0 spiro atoms. The smallest absolute Gasteiger partial charge is 0.262 e. The van der Waals surface area contributed by atoms with E-state index in [1.165, 1.54) is 18.2 Å². The van der Waals surface area contributed by atoms with Crippen molar-refractivity contribution in [2.45, 2.75) is 4.90 Å². The molecule has 4 nitrogen and oxygen atoms in total. The van der Waals surface area contributed by atoms with Crippen LogP contribution < -0.4 is 10.5 Å². The number of halogens is 3. The first kappa shape index (κ1) is 15.1. The van der Waals surface area contributed by atoms with Gasteiger partial charge < -0.3 is 5.73 Å². The van der Waals surface area contributed by atoms with Crippen LogP contribution in [0.1, 0.15) is 0 Å². The monoisotopic (exact) mass is 378 g/mol. The Morgan fingerprint density at radius 3 is 2.50 bits per heavy atom. The zero-order valence-corrected chi connectivity index (χ0v) is 13.1. The number of nitrogens with one attached hydrogen (secondary N) is 1. The highest BCUT2D eigenvalue weighted by Gasteiger charge is 2.17. The normalized spacial score (nSPS) is 11.3. The van der Waals surface area contributed by atoms with Gasteiger partial charge in [0.05, 0.1) is 21.3 Å². The van der Waals surface area contributed by atoms with E-state index in [0.29, 0.717) is 4.47 Å². The summed E-state index contributed by atoms with van der Waals surface area (Å²) in [6.07, 6.45) is 0. The molecule has 2 aromatic carbocycles. The number of sulfonamides is 1.